The molecule has 1 aliphatic rings. The maximum atomic E-state index is 12.5. The van der Waals surface area contributed by atoms with Gasteiger partial charge < -0.3 is 0 Å². The summed E-state index contributed by atoms with van der Waals surface area (Å²) in [5.41, 5.74) is 1.04. The summed E-state index contributed by atoms with van der Waals surface area (Å²) >= 11 is 0. The molecule has 1 unspecified atom stereocenters. The maximum Gasteiger partial charge on any atom is 0.138 e. The van der Waals surface area contributed by atoms with E-state index < -0.39 is 6.17 Å². The van der Waals surface area contributed by atoms with Crippen molar-refractivity contribution in [2.24, 2.45) is 10.9 Å². The standard InChI is InChI=1S/C9H14FN/c1-3-7(2)9-5-4-8(10)6-11-9/h4-5,7-8H,3,6H2,1-2H3/t7-,8?/m0/s1. The van der Waals surface area contributed by atoms with E-state index in [4.69, 9.17) is 0 Å². The average Bonchev–Trinajstić information content (AvgIpc) is 2.05. The van der Waals surface area contributed by atoms with Gasteiger partial charge in [0.05, 0.1) is 6.54 Å². The summed E-state index contributed by atoms with van der Waals surface area (Å²) in [6.45, 7) is 4.54. The van der Waals surface area contributed by atoms with Crippen molar-refractivity contribution in [1.82, 2.24) is 0 Å². The molecular formula is C9H14FN. The quantitative estimate of drug-likeness (QED) is 0.580. The molecule has 0 bridgehead atoms. The van der Waals surface area contributed by atoms with Crippen LogP contribution in [0.1, 0.15) is 20.3 Å². The highest BCUT2D eigenvalue weighted by Crippen LogP contribution is 2.10. The van der Waals surface area contributed by atoms with E-state index in [-0.39, 0.29) is 0 Å². The van der Waals surface area contributed by atoms with Gasteiger partial charge in [0.1, 0.15) is 6.17 Å². The Bertz CT molecular complexity index is 184. The van der Waals surface area contributed by atoms with Crippen LogP contribution in [0.15, 0.2) is 17.1 Å². The first-order valence-corrected chi connectivity index (χ1v) is 4.10. The van der Waals surface area contributed by atoms with E-state index in [0.717, 1.165) is 12.1 Å². The molecule has 0 saturated carbocycles. The minimum absolute atomic E-state index is 0.316. The number of halogens is 1. The second-order valence-corrected chi connectivity index (χ2v) is 2.95. The van der Waals surface area contributed by atoms with Crippen molar-refractivity contribution in [3.8, 4) is 0 Å². The highest BCUT2D eigenvalue weighted by atomic mass is 19.1. The second-order valence-electron chi connectivity index (χ2n) is 2.95. The van der Waals surface area contributed by atoms with E-state index in [1.54, 1.807) is 6.08 Å². The molecule has 1 aliphatic heterocycles. The van der Waals surface area contributed by atoms with Crippen LogP contribution in [0.2, 0.25) is 0 Å². The molecule has 2 heteroatoms. The van der Waals surface area contributed by atoms with Gasteiger partial charge in [-0.25, -0.2) is 4.39 Å². The van der Waals surface area contributed by atoms with E-state index in [1.165, 1.54) is 0 Å². The van der Waals surface area contributed by atoms with Crippen LogP contribution in [0.25, 0.3) is 0 Å². The van der Waals surface area contributed by atoms with Gasteiger partial charge in [0.2, 0.25) is 0 Å². The first-order chi connectivity index (χ1) is 5.24. The Morgan fingerprint density at radius 1 is 1.82 bits per heavy atom. The number of allylic oxidation sites excluding steroid dienone is 1. The molecule has 1 heterocycles. The van der Waals surface area contributed by atoms with Crippen molar-refractivity contribution in [3.63, 3.8) is 0 Å². The smallest absolute Gasteiger partial charge is 0.138 e. The van der Waals surface area contributed by atoms with Gasteiger partial charge in [-0.1, -0.05) is 13.8 Å². The molecule has 0 spiro atoms. The molecule has 1 nitrogen and oxygen atoms in total. The molecule has 2 atom stereocenters. The van der Waals surface area contributed by atoms with E-state index >= 15 is 0 Å². The number of nitrogens with zero attached hydrogens (tertiary/aromatic N) is 1. The third kappa shape index (κ3) is 2.14. The Kier molecular flexibility index (Phi) is 2.80. The van der Waals surface area contributed by atoms with Crippen LogP contribution in [-0.2, 0) is 0 Å². The zero-order valence-electron chi connectivity index (χ0n) is 7.05. The first kappa shape index (κ1) is 8.44. The molecule has 1 rings (SSSR count). The molecule has 0 aromatic rings. The second kappa shape index (κ2) is 3.65. The number of hydrogen-bond acceptors (Lipinski definition) is 1. The molecular weight excluding hydrogens is 141 g/mol. The fourth-order valence-electron chi connectivity index (χ4n) is 1.04. The van der Waals surface area contributed by atoms with Crippen LogP contribution in [0.3, 0.4) is 0 Å². The highest BCUT2D eigenvalue weighted by molar-refractivity contribution is 5.97. The number of alkyl halides is 1. The van der Waals surface area contributed by atoms with Crippen LogP contribution in [0.5, 0.6) is 0 Å². The van der Waals surface area contributed by atoms with Crippen LogP contribution in [0, 0.1) is 5.92 Å². The SMILES string of the molecule is CC[C@H](C)C1=NCC(F)C=C1. The van der Waals surface area contributed by atoms with E-state index in [2.05, 4.69) is 18.8 Å². The lowest BCUT2D eigenvalue weighted by molar-refractivity contribution is 0.406. The predicted octanol–water partition coefficient (Wildman–Crippen LogP) is 2.38. The number of aliphatic imine (C=N–C) groups is 1. The van der Waals surface area contributed by atoms with Crippen molar-refractivity contribution in [3.05, 3.63) is 12.2 Å². The Labute approximate surface area is 67.0 Å². The third-order valence-electron chi connectivity index (χ3n) is 2.04. The molecule has 0 fully saturated rings. The van der Waals surface area contributed by atoms with E-state index in [0.29, 0.717) is 12.5 Å². The summed E-state index contributed by atoms with van der Waals surface area (Å²) in [6.07, 6.45) is 3.61. The topological polar surface area (TPSA) is 12.4 Å². The summed E-state index contributed by atoms with van der Waals surface area (Å²) in [4.78, 5) is 4.14. The predicted molar refractivity (Wildman–Crippen MR) is 45.8 cm³/mol. The van der Waals surface area contributed by atoms with Crippen molar-refractivity contribution >= 4 is 5.71 Å². The largest absolute Gasteiger partial charge is 0.286 e. The van der Waals surface area contributed by atoms with Crippen molar-refractivity contribution in [2.45, 2.75) is 26.4 Å². The zero-order chi connectivity index (χ0) is 8.27. The Morgan fingerprint density at radius 3 is 3.00 bits per heavy atom. The summed E-state index contributed by atoms with van der Waals surface area (Å²) in [6, 6.07) is 0. The molecule has 0 amide bonds. The van der Waals surface area contributed by atoms with E-state index in [1.807, 2.05) is 6.08 Å². The Hall–Kier alpha value is -0.660. The van der Waals surface area contributed by atoms with Crippen LogP contribution in [0.4, 0.5) is 4.39 Å². The van der Waals surface area contributed by atoms with Gasteiger partial charge in [0, 0.05) is 5.71 Å². The number of hydrogen-bond donors (Lipinski definition) is 0. The van der Waals surface area contributed by atoms with Crippen LogP contribution in [-0.4, -0.2) is 18.4 Å². The van der Waals surface area contributed by atoms with Gasteiger partial charge >= 0.3 is 0 Å². The average molecular weight is 155 g/mol. The summed E-state index contributed by atoms with van der Waals surface area (Å²) < 4.78 is 12.5. The number of dihydropyridines is 1. The summed E-state index contributed by atoms with van der Waals surface area (Å²) in [5, 5.41) is 0. The highest BCUT2D eigenvalue weighted by Gasteiger charge is 2.11. The minimum Gasteiger partial charge on any atom is -0.286 e. The monoisotopic (exact) mass is 155 g/mol. The van der Waals surface area contributed by atoms with Gasteiger partial charge in [-0.15, -0.1) is 0 Å². The third-order valence-corrected chi connectivity index (χ3v) is 2.04. The molecule has 62 valence electrons. The lowest BCUT2D eigenvalue weighted by atomic mass is 10.0. The van der Waals surface area contributed by atoms with Gasteiger partial charge in [0.15, 0.2) is 0 Å². The normalized spacial score (nSPS) is 26.5. The molecule has 0 saturated heterocycles. The van der Waals surface area contributed by atoms with Gasteiger partial charge in [-0.3, -0.25) is 4.99 Å². The summed E-state index contributed by atoms with van der Waals surface area (Å²) in [5.74, 6) is 0.471. The molecule has 0 radical (unpaired) electrons. The zero-order valence-corrected chi connectivity index (χ0v) is 7.05. The van der Waals surface area contributed by atoms with Crippen LogP contribution >= 0.6 is 0 Å². The Balaban J connectivity index is 2.55. The van der Waals surface area contributed by atoms with Crippen molar-refractivity contribution < 1.29 is 4.39 Å². The summed E-state index contributed by atoms with van der Waals surface area (Å²) in [7, 11) is 0. The fourth-order valence-corrected chi connectivity index (χ4v) is 1.04. The minimum atomic E-state index is -0.859. The van der Waals surface area contributed by atoms with Crippen molar-refractivity contribution in [2.75, 3.05) is 6.54 Å². The van der Waals surface area contributed by atoms with Gasteiger partial charge in [-0.05, 0) is 24.5 Å². The lowest BCUT2D eigenvalue weighted by Gasteiger charge is -2.13. The first-order valence-electron chi connectivity index (χ1n) is 4.10. The maximum absolute atomic E-state index is 12.5. The molecule has 0 aliphatic carbocycles. The molecule has 11 heavy (non-hydrogen) atoms. The molecule has 0 N–H and O–H groups in total. The van der Waals surface area contributed by atoms with Crippen molar-refractivity contribution in [1.29, 1.82) is 0 Å². The fraction of sp³-hybridized carbons (Fsp3) is 0.667. The number of rotatable bonds is 2. The van der Waals surface area contributed by atoms with Crippen LogP contribution < -0.4 is 0 Å². The van der Waals surface area contributed by atoms with Gasteiger partial charge in [-0.2, -0.15) is 0 Å². The lowest BCUT2D eigenvalue weighted by Crippen LogP contribution is -2.15. The van der Waals surface area contributed by atoms with Gasteiger partial charge in [0.25, 0.3) is 0 Å². The molecule has 0 aromatic heterocycles. The Morgan fingerprint density at radius 2 is 2.55 bits per heavy atom. The molecule has 0 aromatic carbocycles. The van der Waals surface area contributed by atoms with E-state index in [9.17, 15) is 4.39 Å².